The van der Waals surface area contributed by atoms with Gasteiger partial charge in [0.05, 0.1) is 0 Å². The fraction of sp³-hybridized carbons (Fsp3) is 0.333. The Hall–Kier alpha value is -1.60. The molecule has 206 valence electrons. The number of hydrogen-bond acceptors (Lipinski definition) is 0. The molecule has 6 rings (SSSR count). The SMILES string of the molecule is [Pd].c1ccc(P(c2ccccc2)C2CCCCC2)cc1.c1ccc(P(c2ccccc2)C2CCCCC2)cc1. The Kier molecular flexibility index (Phi) is 12.9. The second kappa shape index (κ2) is 16.6. The van der Waals surface area contributed by atoms with E-state index in [0.29, 0.717) is 0 Å². The summed E-state index contributed by atoms with van der Waals surface area (Å²) in [6, 6.07) is 44.7. The summed E-state index contributed by atoms with van der Waals surface area (Å²) in [7, 11) is -0.338. The first kappa shape index (κ1) is 30.4. The molecule has 0 aromatic heterocycles. The molecular formula is C36H42P2Pd. The molecule has 0 bridgehead atoms. The molecule has 0 unspecified atom stereocenters. The Bertz CT molecular complexity index is 996. The zero-order valence-corrected chi connectivity index (χ0v) is 26.3. The maximum absolute atomic E-state index is 2.33. The summed E-state index contributed by atoms with van der Waals surface area (Å²) in [4.78, 5) is 0. The van der Waals surface area contributed by atoms with Gasteiger partial charge in [0.25, 0.3) is 0 Å². The van der Waals surface area contributed by atoms with Crippen molar-refractivity contribution >= 4 is 37.1 Å². The van der Waals surface area contributed by atoms with Crippen LogP contribution in [0.25, 0.3) is 0 Å². The standard InChI is InChI=1S/2C18H21P.Pd/c2*1-4-10-16(11-5-1)19(17-12-6-2-7-13-17)18-14-8-3-9-15-18;/h2*1-2,4-7,10-13,18H,3,8-9,14-15H2;. The van der Waals surface area contributed by atoms with Crippen LogP contribution in [0.15, 0.2) is 121 Å². The molecule has 4 aromatic carbocycles. The van der Waals surface area contributed by atoms with Crippen LogP contribution in [0.3, 0.4) is 0 Å². The van der Waals surface area contributed by atoms with Crippen molar-refractivity contribution in [2.75, 3.05) is 0 Å². The fourth-order valence-corrected chi connectivity index (χ4v) is 12.2. The Morgan fingerprint density at radius 2 is 0.564 bits per heavy atom. The molecule has 3 heteroatoms. The van der Waals surface area contributed by atoms with E-state index < -0.39 is 0 Å². The topological polar surface area (TPSA) is 0 Å². The molecule has 0 aliphatic heterocycles. The molecule has 2 saturated carbocycles. The van der Waals surface area contributed by atoms with Crippen molar-refractivity contribution in [3.63, 3.8) is 0 Å². The molecule has 0 nitrogen and oxygen atoms in total. The van der Waals surface area contributed by atoms with Crippen LogP contribution in [-0.4, -0.2) is 11.3 Å². The molecular weight excluding hydrogens is 601 g/mol. The van der Waals surface area contributed by atoms with E-state index in [2.05, 4.69) is 121 Å². The van der Waals surface area contributed by atoms with Crippen molar-refractivity contribution in [1.82, 2.24) is 0 Å². The molecule has 0 atom stereocenters. The van der Waals surface area contributed by atoms with Crippen LogP contribution in [0.5, 0.6) is 0 Å². The van der Waals surface area contributed by atoms with Gasteiger partial charge in [-0.2, -0.15) is 0 Å². The minimum Gasteiger partial charge on any atom is -0.0622 e. The van der Waals surface area contributed by atoms with E-state index in [4.69, 9.17) is 0 Å². The summed E-state index contributed by atoms with van der Waals surface area (Å²) in [6.45, 7) is 0. The van der Waals surface area contributed by atoms with Gasteiger partial charge in [-0.25, -0.2) is 0 Å². The number of hydrogen-bond donors (Lipinski definition) is 0. The second-order valence-electron chi connectivity index (χ2n) is 10.7. The van der Waals surface area contributed by atoms with Crippen LogP contribution in [0.2, 0.25) is 0 Å². The first-order chi connectivity index (χ1) is 18.9. The van der Waals surface area contributed by atoms with Crippen molar-refractivity contribution in [1.29, 1.82) is 0 Å². The summed E-state index contributed by atoms with van der Waals surface area (Å²) >= 11 is 0. The molecule has 0 saturated heterocycles. The van der Waals surface area contributed by atoms with Gasteiger partial charge in [-0.1, -0.05) is 160 Å². The van der Waals surface area contributed by atoms with Gasteiger partial charge in [0.1, 0.15) is 0 Å². The van der Waals surface area contributed by atoms with Crippen molar-refractivity contribution in [3.05, 3.63) is 121 Å². The predicted molar refractivity (Wildman–Crippen MR) is 172 cm³/mol. The normalized spacial score (nSPS) is 16.3. The smallest absolute Gasteiger partial charge is 0 e. The van der Waals surface area contributed by atoms with Gasteiger partial charge in [0, 0.05) is 20.4 Å². The molecule has 4 aromatic rings. The fourth-order valence-electron chi connectivity index (χ4n) is 6.17. The van der Waals surface area contributed by atoms with Crippen molar-refractivity contribution in [3.8, 4) is 0 Å². The third-order valence-electron chi connectivity index (χ3n) is 8.02. The Balaban J connectivity index is 0.000000176. The van der Waals surface area contributed by atoms with Crippen molar-refractivity contribution < 1.29 is 20.4 Å². The monoisotopic (exact) mass is 642 g/mol. The van der Waals surface area contributed by atoms with Crippen LogP contribution in [0.1, 0.15) is 64.2 Å². The number of benzene rings is 4. The minimum atomic E-state index is -0.169. The minimum absolute atomic E-state index is 0. The molecule has 2 aliphatic carbocycles. The van der Waals surface area contributed by atoms with Gasteiger partial charge >= 0.3 is 0 Å². The van der Waals surface area contributed by atoms with E-state index >= 15 is 0 Å². The van der Waals surface area contributed by atoms with Crippen molar-refractivity contribution in [2.45, 2.75) is 75.5 Å². The van der Waals surface area contributed by atoms with Gasteiger partial charge < -0.3 is 0 Å². The summed E-state index contributed by atoms with van der Waals surface area (Å²) in [5.74, 6) is 0. The predicted octanol–water partition coefficient (Wildman–Crippen LogP) is 8.90. The van der Waals surface area contributed by atoms with E-state index in [1.165, 1.54) is 64.2 Å². The van der Waals surface area contributed by atoms with Gasteiger partial charge in [0.2, 0.25) is 0 Å². The van der Waals surface area contributed by atoms with Crippen LogP contribution in [0.4, 0.5) is 0 Å². The summed E-state index contributed by atoms with van der Waals surface area (Å²) in [6.07, 6.45) is 14.2. The van der Waals surface area contributed by atoms with Gasteiger partial charge in [-0.05, 0) is 74.1 Å². The van der Waals surface area contributed by atoms with E-state index in [0.717, 1.165) is 11.3 Å². The quantitative estimate of drug-likeness (QED) is 0.146. The summed E-state index contributed by atoms with van der Waals surface area (Å²) in [5, 5.41) is 6.21. The first-order valence-corrected chi connectivity index (χ1v) is 17.5. The third-order valence-corrected chi connectivity index (χ3v) is 13.9. The van der Waals surface area contributed by atoms with Crippen molar-refractivity contribution in [2.24, 2.45) is 0 Å². The molecule has 2 aliphatic rings. The Morgan fingerprint density at radius 1 is 0.333 bits per heavy atom. The van der Waals surface area contributed by atoms with Gasteiger partial charge in [0.15, 0.2) is 0 Å². The van der Waals surface area contributed by atoms with Gasteiger partial charge in [-0.15, -0.1) is 0 Å². The van der Waals surface area contributed by atoms with Gasteiger partial charge in [-0.3, -0.25) is 0 Å². The molecule has 0 amide bonds. The third kappa shape index (κ3) is 8.69. The summed E-state index contributed by atoms with van der Waals surface area (Å²) < 4.78 is 0. The molecule has 0 N–H and O–H groups in total. The van der Waals surface area contributed by atoms with Crippen LogP contribution >= 0.6 is 15.8 Å². The molecule has 0 radical (unpaired) electrons. The molecule has 0 spiro atoms. The van der Waals surface area contributed by atoms with E-state index in [1.54, 1.807) is 21.2 Å². The zero-order valence-electron chi connectivity index (χ0n) is 23.0. The van der Waals surface area contributed by atoms with E-state index in [9.17, 15) is 0 Å². The average Bonchev–Trinajstić information content (AvgIpc) is 3.01. The Labute approximate surface area is 253 Å². The summed E-state index contributed by atoms with van der Waals surface area (Å²) in [5.41, 5.74) is 1.77. The molecule has 0 heterocycles. The van der Waals surface area contributed by atoms with E-state index in [-0.39, 0.29) is 36.3 Å². The van der Waals surface area contributed by atoms with Crippen LogP contribution < -0.4 is 21.2 Å². The first-order valence-electron chi connectivity index (χ1n) is 14.7. The van der Waals surface area contributed by atoms with E-state index in [1.807, 2.05) is 0 Å². The largest absolute Gasteiger partial charge is 0.0622 e. The maximum atomic E-state index is 2.33. The molecule has 2 fully saturated rings. The number of rotatable bonds is 6. The average molecular weight is 643 g/mol. The second-order valence-corrected chi connectivity index (χ2v) is 15.7. The molecule has 39 heavy (non-hydrogen) atoms. The maximum Gasteiger partial charge on any atom is 0 e. The van der Waals surface area contributed by atoms with Crippen LogP contribution in [0, 0.1) is 0 Å². The Morgan fingerprint density at radius 3 is 0.795 bits per heavy atom. The van der Waals surface area contributed by atoms with Crippen LogP contribution in [-0.2, 0) is 20.4 Å². The zero-order chi connectivity index (χ0) is 25.8.